The quantitative estimate of drug-likeness (QED) is 0.250. The molecule has 0 saturated heterocycles. The number of aryl methyl sites for hydroxylation is 2. The predicted molar refractivity (Wildman–Crippen MR) is 128 cm³/mol. The molecule has 0 amide bonds. The van der Waals surface area contributed by atoms with Gasteiger partial charge in [-0.3, -0.25) is 5.43 Å². The Morgan fingerprint density at radius 1 is 0.897 bits per heavy atom. The zero-order valence-electron chi connectivity index (χ0n) is 16.2. The van der Waals surface area contributed by atoms with E-state index >= 15 is 0 Å². The maximum absolute atomic E-state index is 4.86. The third-order valence-corrected chi connectivity index (χ3v) is 6.23. The Kier molecular flexibility index (Phi) is 5.88. The van der Waals surface area contributed by atoms with E-state index < -0.39 is 0 Å². The lowest BCUT2D eigenvalue weighted by Gasteiger charge is -2.05. The highest BCUT2D eigenvalue weighted by Crippen LogP contribution is 2.39. The standard InChI is InChI=1S/C24H20BrN3S/c1-16-8-11-20(14-17(16)2)22-23(19-6-4-3-5-7-19)29-24(27-22)28-26-15-18-9-12-21(25)13-10-18/h3-15H,1-2H3,(H,27,28)/b26-15-. The summed E-state index contributed by atoms with van der Waals surface area (Å²) in [6.07, 6.45) is 1.80. The lowest BCUT2D eigenvalue weighted by molar-refractivity contribution is 1.28. The van der Waals surface area contributed by atoms with Gasteiger partial charge in [0.05, 0.1) is 16.8 Å². The molecular weight excluding hydrogens is 442 g/mol. The van der Waals surface area contributed by atoms with Crippen molar-refractivity contribution in [3.63, 3.8) is 0 Å². The van der Waals surface area contributed by atoms with Gasteiger partial charge in [-0.1, -0.05) is 81.9 Å². The summed E-state index contributed by atoms with van der Waals surface area (Å²) < 4.78 is 1.05. The Morgan fingerprint density at radius 3 is 2.38 bits per heavy atom. The van der Waals surface area contributed by atoms with Gasteiger partial charge in [0.15, 0.2) is 0 Å². The molecular formula is C24H20BrN3S. The van der Waals surface area contributed by atoms with E-state index in [2.05, 4.69) is 82.8 Å². The number of hydrogen-bond acceptors (Lipinski definition) is 4. The Hall–Kier alpha value is -2.76. The van der Waals surface area contributed by atoms with Crippen LogP contribution in [0, 0.1) is 13.8 Å². The fourth-order valence-electron chi connectivity index (χ4n) is 2.95. The van der Waals surface area contributed by atoms with Crippen LogP contribution in [0.3, 0.4) is 0 Å². The van der Waals surface area contributed by atoms with E-state index in [1.807, 2.05) is 30.3 Å². The first-order chi connectivity index (χ1) is 14.1. The Morgan fingerprint density at radius 2 is 1.66 bits per heavy atom. The first-order valence-corrected chi connectivity index (χ1v) is 10.9. The van der Waals surface area contributed by atoms with Crippen molar-refractivity contribution in [2.24, 2.45) is 5.10 Å². The summed E-state index contributed by atoms with van der Waals surface area (Å²) in [4.78, 5) is 5.99. The zero-order chi connectivity index (χ0) is 20.2. The second-order valence-electron chi connectivity index (χ2n) is 6.78. The van der Waals surface area contributed by atoms with Crippen molar-refractivity contribution in [3.8, 4) is 21.7 Å². The molecule has 1 heterocycles. The van der Waals surface area contributed by atoms with Gasteiger partial charge in [-0.25, -0.2) is 4.98 Å². The molecule has 3 nitrogen and oxygen atoms in total. The molecule has 0 saturated carbocycles. The molecule has 0 atom stereocenters. The van der Waals surface area contributed by atoms with Crippen molar-refractivity contribution in [1.29, 1.82) is 0 Å². The molecule has 0 spiro atoms. The molecule has 4 aromatic rings. The second kappa shape index (κ2) is 8.72. The highest BCUT2D eigenvalue weighted by Gasteiger charge is 2.15. The van der Waals surface area contributed by atoms with E-state index in [1.54, 1.807) is 17.6 Å². The Bertz CT molecular complexity index is 1150. The number of hydrazone groups is 1. The molecule has 0 aliphatic carbocycles. The number of anilines is 1. The van der Waals surface area contributed by atoms with Crippen LogP contribution in [0.25, 0.3) is 21.7 Å². The molecule has 0 aliphatic rings. The van der Waals surface area contributed by atoms with Gasteiger partial charge < -0.3 is 0 Å². The maximum Gasteiger partial charge on any atom is 0.204 e. The average Bonchev–Trinajstić information content (AvgIpc) is 3.16. The van der Waals surface area contributed by atoms with Gasteiger partial charge in [-0.15, -0.1) is 0 Å². The van der Waals surface area contributed by atoms with Crippen LogP contribution in [0.5, 0.6) is 0 Å². The highest BCUT2D eigenvalue weighted by atomic mass is 79.9. The van der Waals surface area contributed by atoms with E-state index in [-0.39, 0.29) is 0 Å². The molecule has 1 aromatic heterocycles. The van der Waals surface area contributed by atoms with E-state index in [9.17, 15) is 0 Å². The maximum atomic E-state index is 4.86. The zero-order valence-corrected chi connectivity index (χ0v) is 18.6. The smallest absolute Gasteiger partial charge is 0.204 e. The summed E-state index contributed by atoms with van der Waals surface area (Å²) in [6, 6.07) is 24.9. The summed E-state index contributed by atoms with van der Waals surface area (Å²) in [7, 11) is 0. The van der Waals surface area contributed by atoms with E-state index in [0.29, 0.717) is 0 Å². The SMILES string of the molecule is Cc1ccc(-c2nc(N/N=C\c3ccc(Br)cc3)sc2-c2ccccc2)cc1C. The minimum atomic E-state index is 0.769. The van der Waals surface area contributed by atoms with Gasteiger partial charge in [-0.05, 0) is 54.3 Å². The molecule has 0 unspecified atom stereocenters. The lowest BCUT2D eigenvalue weighted by Crippen LogP contribution is -1.90. The number of hydrogen-bond donors (Lipinski definition) is 1. The topological polar surface area (TPSA) is 37.3 Å². The molecule has 0 radical (unpaired) electrons. The molecule has 0 fully saturated rings. The molecule has 144 valence electrons. The minimum absolute atomic E-state index is 0.769. The first kappa shape index (κ1) is 19.6. The van der Waals surface area contributed by atoms with Crippen LogP contribution < -0.4 is 5.43 Å². The number of nitrogens with zero attached hydrogens (tertiary/aromatic N) is 2. The summed E-state index contributed by atoms with van der Waals surface area (Å²) >= 11 is 5.06. The third-order valence-electron chi connectivity index (χ3n) is 4.69. The molecule has 5 heteroatoms. The number of aromatic nitrogens is 1. The fraction of sp³-hybridized carbons (Fsp3) is 0.0833. The van der Waals surface area contributed by atoms with Crippen molar-refractivity contribution in [3.05, 3.63) is 94.0 Å². The molecule has 3 aromatic carbocycles. The largest absolute Gasteiger partial charge is 0.253 e. The molecule has 1 N–H and O–H groups in total. The third kappa shape index (κ3) is 4.63. The average molecular weight is 462 g/mol. The molecule has 0 aliphatic heterocycles. The van der Waals surface area contributed by atoms with Crippen molar-refractivity contribution in [2.45, 2.75) is 13.8 Å². The van der Waals surface area contributed by atoms with Crippen LogP contribution in [0.1, 0.15) is 16.7 Å². The Balaban J connectivity index is 1.67. The van der Waals surface area contributed by atoms with E-state index in [0.717, 1.165) is 36.9 Å². The summed E-state index contributed by atoms with van der Waals surface area (Å²) in [5.74, 6) is 0. The van der Waals surface area contributed by atoms with Gasteiger partial charge in [0, 0.05) is 10.0 Å². The Labute approximate surface area is 183 Å². The normalized spacial score (nSPS) is 11.1. The van der Waals surface area contributed by atoms with Gasteiger partial charge in [0.1, 0.15) is 0 Å². The number of thiazole rings is 1. The van der Waals surface area contributed by atoms with Gasteiger partial charge in [0.2, 0.25) is 5.13 Å². The van der Waals surface area contributed by atoms with Crippen LogP contribution in [-0.4, -0.2) is 11.2 Å². The predicted octanol–water partition coefficient (Wildman–Crippen LogP) is 7.30. The van der Waals surface area contributed by atoms with Gasteiger partial charge >= 0.3 is 0 Å². The van der Waals surface area contributed by atoms with Crippen molar-refractivity contribution in [2.75, 3.05) is 5.43 Å². The van der Waals surface area contributed by atoms with Crippen LogP contribution >= 0.6 is 27.3 Å². The molecule has 0 bridgehead atoms. The summed E-state index contributed by atoms with van der Waals surface area (Å²) in [6.45, 7) is 4.26. The van der Waals surface area contributed by atoms with E-state index in [1.165, 1.54) is 11.1 Å². The van der Waals surface area contributed by atoms with Gasteiger partial charge in [0.25, 0.3) is 0 Å². The lowest BCUT2D eigenvalue weighted by atomic mass is 10.0. The van der Waals surface area contributed by atoms with Crippen molar-refractivity contribution in [1.82, 2.24) is 4.98 Å². The number of benzene rings is 3. The summed E-state index contributed by atoms with van der Waals surface area (Å²) in [5, 5.41) is 5.14. The highest BCUT2D eigenvalue weighted by molar-refractivity contribution is 9.10. The van der Waals surface area contributed by atoms with Crippen LogP contribution in [0.2, 0.25) is 0 Å². The van der Waals surface area contributed by atoms with Crippen molar-refractivity contribution < 1.29 is 0 Å². The first-order valence-electron chi connectivity index (χ1n) is 9.29. The molecule has 4 rings (SSSR count). The number of nitrogens with one attached hydrogen (secondary N) is 1. The van der Waals surface area contributed by atoms with Gasteiger partial charge in [-0.2, -0.15) is 5.10 Å². The van der Waals surface area contributed by atoms with Crippen LogP contribution in [-0.2, 0) is 0 Å². The van der Waals surface area contributed by atoms with Crippen molar-refractivity contribution >= 4 is 38.6 Å². The summed E-state index contributed by atoms with van der Waals surface area (Å²) in [5.41, 5.74) is 9.92. The van der Waals surface area contributed by atoms with Crippen LogP contribution in [0.4, 0.5) is 5.13 Å². The number of halogens is 1. The molecule has 29 heavy (non-hydrogen) atoms. The van der Waals surface area contributed by atoms with E-state index in [4.69, 9.17) is 4.98 Å². The van der Waals surface area contributed by atoms with Crippen LogP contribution in [0.15, 0.2) is 82.4 Å². The number of rotatable bonds is 5. The monoisotopic (exact) mass is 461 g/mol. The minimum Gasteiger partial charge on any atom is -0.253 e. The fourth-order valence-corrected chi connectivity index (χ4v) is 4.16. The second-order valence-corrected chi connectivity index (χ2v) is 8.70.